The number of amides is 1. The highest BCUT2D eigenvalue weighted by Gasteiger charge is 2.14. The van der Waals surface area contributed by atoms with E-state index < -0.39 is 11.5 Å². The molecule has 2 aromatic carbocycles. The monoisotopic (exact) mass is 375 g/mol. The molecule has 0 aliphatic rings. The fraction of sp³-hybridized carbons (Fsp3) is 0.136. The molecular weight excluding hydrogens is 358 g/mol. The number of benzene rings is 2. The van der Waals surface area contributed by atoms with Gasteiger partial charge >= 0.3 is 5.63 Å². The minimum atomic E-state index is -0.748. The lowest BCUT2D eigenvalue weighted by Gasteiger charge is -2.05. The molecule has 1 N–H and O–H groups in total. The number of hydrogen-bond donors (Lipinski definition) is 1. The molecular formula is C22H17NO5. The third-order valence-corrected chi connectivity index (χ3v) is 4.05. The number of carbonyl (C=O) groups excluding carboxylic acids is 2. The molecule has 3 aromatic rings. The first-order valence-corrected chi connectivity index (χ1v) is 8.48. The zero-order chi connectivity index (χ0) is 20.1. The molecule has 0 unspecified atom stereocenters. The number of fused-ring (bicyclic) bond motifs is 1. The van der Waals surface area contributed by atoms with Crippen LogP contribution in [0.2, 0.25) is 0 Å². The van der Waals surface area contributed by atoms with Crippen LogP contribution in [0.1, 0.15) is 33.2 Å². The molecule has 1 amide bonds. The van der Waals surface area contributed by atoms with Gasteiger partial charge in [0.25, 0.3) is 5.91 Å². The van der Waals surface area contributed by atoms with Crippen LogP contribution in [0, 0.1) is 11.8 Å². The molecule has 0 spiro atoms. The van der Waals surface area contributed by atoms with Crippen LogP contribution in [-0.4, -0.2) is 25.3 Å². The number of para-hydroxylation sites is 1. The van der Waals surface area contributed by atoms with Gasteiger partial charge < -0.3 is 14.5 Å². The Morgan fingerprint density at radius 2 is 1.89 bits per heavy atom. The van der Waals surface area contributed by atoms with Gasteiger partial charge in [0.15, 0.2) is 17.1 Å². The number of rotatable bonds is 4. The predicted molar refractivity (Wildman–Crippen MR) is 105 cm³/mol. The van der Waals surface area contributed by atoms with Gasteiger partial charge in [-0.1, -0.05) is 36.1 Å². The van der Waals surface area contributed by atoms with Gasteiger partial charge in [0.2, 0.25) is 0 Å². The van der Waals surface area contributed by atoms with Gasteiger partial charge in [0.1, 0.15) is 5.56 Å². The Labute approximate surface area is 161 Å². The molecule has 6 heteroatoms. The van der Waals surface area contributed by atoms with Crippen molar-refractivity contribution >= 4 is 22.7 Å². The average Bonchev–Trinajstić information content (AvgIpc) is 2.70. The van der Waals surface area contributed by atoms with Crippen molar-refractivity contribution in [3.8, 4) is 17.6 Å². The van der Waals surface area contributed by atoms with Crippen molar-refractivity contribution in [2.45, 2.75) is 6.92 Å². The lowest BCUT2D eigenvalue weighted by atomic mass is 10.1. The van der Waals surface area contributed by atoms with E-state index >= 15 is 0 Å². The van der Waals surface area contributed by atoms with E-state index in [9.17, 15) is 14.4 Å². The molecule has 1 aromatic heterocycles. The van der Waals surface area contributed by atoms with E-state index in [2.05, 4.69) is 17.2 Å². The quantitative estimate of drug-likeness (QED) is 0.431. The van der Waals surface area contributed by atoms with E-state index in [1.165, 1.54) is 20.1 Å². The summed E-state index contributed by atoms with van der Waals surface area (Å²) in [4.78, 5) is 35.7. The fourth-order valence-corrected chi connectivity index (χ4v) is 2.59. The number of ketones is 1. The van der Waals surface area contributed by atoms with Crippen LogP contribution in [0.15, 0.2) is 57.7 Å². The highest BCUT2D eigenvalue weighted by molar-refractivity contribution is 5.97. The van der Waals surface area contributed by atoms with E-state index in [0.29, 0.717) is 22.3 Å². The summed E-state index contributed by atoms with van der Waals surface area (Å²) in [5.74, 6) is 5.52. The van der Waals surface area contributed by atoms with Crippen LogP contribution in [0.5, 0.6) is 5.75 Å². The van der Waals surface area contributed by atoms with E-state index in [-0.39, 0.29) is 17.9 Å². The summed E-state index contributed by atoms with van der Waals surface area (Å²) >= 11 is 0. The maximum Gasteiger partial charge on any atom is 0.349 e. The SMILES string of the molecule is COc1cccc2cc(C(=O)NCC#Cc3ccc(C(C)=O)cc3)c(=O)oc12. The average molecular weight is 375 g/mol. The van der Waals surface area contributed by atoms with E-state index in [0.717, 1.165) is 5.56 Å². The number of methoxy groups -OCH3 is 1. The minimum absolute atomic E-state index is 0.0152. The molecule has 0 radical (unpaired) electrons. The molecule has 0 saturated heterocycles. The van der Waals surface area contributed by atoms with Gasteiger partial charge in [-0.2, -0.15) is 0 Å². The summed E-state index contributed by atoms with van der Waals surface area (Å²) in [5.41, 5.74) is 0.770. The largest absolute Gasteiger partial charge is 0.493 e. The Morgan fingerprint density at radius 1 is 1.14 bits per heavy atom. The van der Waals surface area contributed by atoms with Crippen molar-refractivity contribution in [1.29, 1.82) is 0 Å². The number of nitrogens with one attached hydrogen (secondary N) is 1. The first-order valence-electron chi connectivity index (χ1n) is 8.48. The van der Waals surface area contributed by atoms with Crippen LogP contribution in [0.4, 0.5) is 0 Å². The molecule has 140 valence electrons. The predicted octanol–water partition coefficient (Wildman–Crippen LogP) is 2.79. The lowest BCUT2D eigenvalue weighted by molar-refractivity contribution is 0.0954. The highest BCUT2D eigenvalue weighted by Crippen LogP contribution is 2.24. The fourth-order valence-electron chi connectivity index (χ4n) is 2.59. The van der Waals surface area contributed by atoms with Gasteiger partial charge in [-0.05, 0) is 31.2 Å². The maximum absolute atomic E-state index is 12.3. The molecule has 1 heterocycles. The van der Waals surface area contributed by atoms with Crippen LogP contribution in [0.3, 0.4) is 0 Å². The summed E-state index contributed by atoms with van der Waals surface area (Å²) in [6.07, 6.45) is 0. The number of hydrogen-bond acceptors (Lipinski definition) is 5. The standard InChI is InChI=1S/C22H17NO5/c1-14(24)16-10-8-15(9-11-16)5-4-12-23-21(25)18-13-17-6-3-7-19(27-2)20(17)28-22(18)26/h3,6-11,13H,12H2,1-2H3,(H,23,25). The van der Waals surface area contributed by atoms with Crippen molar-refractivity contribution < 1.29 is 18.7 Å². The number of Topliss-reactive ketones (excluding diaryl/α,β-unsaturated/α-hetero) is 1. The molecule has 0 atom stereocenters. The summed E-state index contributed by atoms with van der Waals surface area (Å²) in [5, 5.41) is 3.16. The molecule has 0 saturated carbocycles. The Kier molecular flexibility index (Phi) is 5.56. The first kappa shape index (κ1) is 18.9. The second-order valence-electron chi connectivity index (χ2n) is 5.94. The van der Waals surface area contributed by atoms with Crippen molar-refractivity contribution in [2.24, 2.45) is 0 Å². The maximum atomic E-state index is 12.3. The van der Waals surface area contributed by atoms with E-state index in [1.807, 2.05) is 0 Å². The van der Waals surface area contributed by atoms with Crippen molar-refractivity contribution in [1.82, 2.24) is 5.32 Å². The van der Waals surface area contributed by atoms with Gasteiger partial charge in [-0.15, -0.1) is 0 Å². The topological polar surface area (TPSA) is 85.6 Å². The second-order valence-corrected chi connectivity index (χ2v) is 5.94. The lowest BCUT2D eigenvalue weighted by Crippen LogP contribution is -2.28. The second kappa shape index (κ2) is 8.23. The minimum Gasteiger partial charge on any atom is -0.493 e. The first-order chi connectivity index (χ1) is 13.5. The number of ether oxygens (including phenoxy) is 1. The summed E-state index contributed by atoms with van der Waals surface area (Å²) in [6.45, 7) is 1.55. The van der Waals surface area contributed by atoms with Crippen LogP contribution in [0.25, 0.3) is 11.0 Å². The van der Waals surface area contributed by atoms with Gasteiger partial charge in [0.05, 0.1) is 13.7 Å². The Morgan fingerprint density at radius 3 is 2.57 bits per heavy atom. The van der Waals surface area contributed by atoms with Crippen LogP contribution >= 0.6 is 0 Å². The molecule has 0 aliphatic heterocycles. The Hall–Kier alpha value is -3.85. The number of carbonyl (C=O) groups is 2. The van der Waals surface area contributed by atoms with Crippen molar-refractivity contribution in [3.05, 3.63) is 75.6 Å². The van der Waals surface area contributed by atoms with E-state index in [1.54, 1.807) is 42.5 Å². The third-order valence-electron chi connectivity index (χ3n) is 4.05. The summed E-state index contributed by atoms with van der Waals surface area (Å²) < 4.78 is 10.4. The van der Waals surface area contributed by atoms with Crippen molar-refractivity contribution in [2.75, 3.05) is 13.7 Å². The molecule has 6 nitrogen and oxygen atoms in total. The Balaban J connectivity index is 1.71. The molecule has 0 bridgehead atoms. The third kappa shape index (κ3) is 4.10. The molecule has 3 rings (SSSR count). The van der Waals surface area contributed by atoms with Gasteiger partial charge in [0, 0.05) is 16.5 Å². The zero-order valence-electron chi connectivity index (χ0n) is 15.4. The molecule has 0 fully saturated rings. The van der Waals surface area contributed by atoms with Crippen molar-refractivity contribution in [3.63, 3.8) is 0 Å². The highest BCUT2D eigenvalue weighted by atomic mass is 16.5. The summed E-state index contributed by atoms with van der Waals surface area (Å²) in [7, 11) is 1.47. The van der Waals surface area contributed by atoms with Crippen LogP contribution < -0.4 is 15.7 Å². The molecule has 0 aliphatic carbocycles. The van der Waals surface area contributed by atoms with Gasteiger partial charge in [-0.3, -0.25) is 9.59 Å². The van der Waals surface area contributed by atoms with Crippen LogP contribution in [-0.2, 0) is 0 Å². The zero-order valence-corrected chi connectivity index (χ0v) is 15.4. The Bertz CT molecular complexity index is 1160. The normalized spacial score (nSPS) is 10.1. The van der Waals surface area contributed by atoms with E-state index in [4.69, 9.17) is 9.15 Å². The molecule has 28 heavy (non-hydrogen) atoms. The van der Waals surface area contributed by atoms with Gasteiger partial charge in [-0.25, -0.2) is 4.79 Å². The smallest absolute Gasteiger partial charge is 0.349 e. The summed E-state index contributed by atoms with van der Waals surface area (Å²) in [6, 6.07) is 13.5.